The van der Waals surface area contributed by atoms with Crippen LogP contribution in [0.1, 0.15) is 76.3 Å². The van der Waals surface area contributed by atoms with Crippen molar-refractivity contribution >= 4 is 45.8 Å². The van der Waals surface area contributed by atoms with E-state index in [1.165, 1.54) is 21.3 Å². The molecule has 334 valence electrons. The number of nitrogens with one attached hydrogen (secondary N) is 4. The Kier molecular flexibility index (Phi) is 12.3. The molecular weight excluding hydrogens is 809 g/mol. The summed E-state index contributed by atoms with van der Waals surface area (Å²) in [5, 5.41) is 7.35. The number of carbonyl (C=O) groups excluding carboxylic acids is 4. The van der Waals surface area contributed by atoms with E-state index < -0.39 is 30.4 Å². The Morgan fingerprint density at radius 1 is 0.873 bits per heavy atom. The van der Waals surface area contributed by atoms with Gasteiger partial charge in [-0.1, -0.05) is 32.0 Å². The molecule has 3 aliphatic heterocycles. The number of amides is 4. The topological polar surface area (TPSA) is 202 Å². The standard InChI is InChI=1S/C46H56N8O9/c1-23(2)38(51-45(57)61-7)44(56)54-24(3)9-14-35(54)42-48-33-13-11-27-17-32-30-12-10-28(16-29(30)22-63-37(32)18-31(27)40(33)50-42)34-19-47-41(49-34)36-15-26(21-59-5)20-53(36)43(55)39(25(4)60-6)52-46(58)62-8/h10-13,16-19,23-26,35-36,38-39H,9,14-15,20-22H2,1-8H3,(H,47,49)(H,48,50)(H,51,57)(H,52,58)/t24-,25+,26-,35-,36-,38?,39-/m0/s1. The number of imidazole rings is 2. The minimum Gasteiger partial charge on any atom is -0.488 e. The van der Waals surface area contributed by atoms with Crippen LogP contribution in [0, 0.1) is 11.8 Å². The van der Waals surface area contributed by atoms with Crippen LogP contribution in [-0.4, -0.2) is 120 Å². The number of alkyl carbamates (subject to hydrolysis) is 2. The Hall–Kier alpha value is -6.20. The molecule has 17 nitrogen and oxygen atoms in total. The molecule has 0 spiro atoms. The number of nitrogens with zero attached hydrogens (tertiary/aromatic N) is 4. The van der Waals surface area contributed by atoms with Gasteiger partial charge < -0.3 is 54.1 Å². The Balaban J connectivity index is 1.05. The second-order valence-corrected chi connectivity index (χ2v) is 17.2. The van der Waals surface area contributed by atoms with Gasteiger partial charge in [-0.3, -0.25) is 9.59 Å². The number of aromatic amines is 2. The van der Waals surface area contributed by atoms with Gasteiger partial charge in [0.05, 0.1) is 61.9 Å². The highest BCUT2D eigenvalue weighted by molar-refractivity contribution is 6.07. The van der Waals surface area contributed by atoms with E-state index in [0.717, 1.165) is 68.3 Å². The molecule has 2 fully saturated rings. The molecule has 63 heavy (non-hydrogen) atoms. The third kappa shape index (κ3) is 8.26. The maximum atomic E-state index is 14.0. The van der Waals surface area contributed by atoms with Crippen molar-refractivity contribution in [3.05, 3.63) is 65.9 Å². The number of hydrogen-bond donors (Lipinski definition) is 4. The fourth-order valence-electron chi connectivity index (χ4n) is 9.44. The predicted octanol–water partition coefficient (Wildman–Crippen LogP) is 6.39. The maximum absolute atomic E-state index is 14.0. The van der Waals surface area contributed by atoms with Crippen LogP contribution >= 0.6 is 0 Å². The summed E-state index contributed by atoms with van der Waals surface area (Å²) in [6.45, 7) is 8.82. The summed E-state index contributed by atoms with van der Waals surface area (Å²) >= 11 is 0. The van der Waals surface area contributed by atoms with Crippen LogP contribution in [0.25, 0.3) is 44.2 Å². The van der Waals surface area contributed by atoms with Gasteiger partial charge in [-0.25, -0.2) is 19.6 Å². The zero-order chi connectivity index (χ0) is 44.7. The van der Waals surface area contributed by atoms with E-state index in [1.54, 1.807) is 25.1 Å². The lowest BCUT2D eigenvalue weighted by molar-refractivity contribution is -0.138. The van der Waals surface area contributed by atoms with Gasteiger partial charge in [-0.15, -0.1) is 0 Å². The van der Waals surface area contributed by atoms with Gasteiger partial charge in [0.25, 0.3) is 0 Å². The maximum Gasteiger partial charge on any atom is 0.407 e. The van der Waals surface area contributed by atoms with E-state index >= 15 is 0 Å². The van der Waals surface area contributed by atoms with Crippen molar-refractivity contribution in [3.8, 4) is 28.1 Å². The first-order valence-electron chi connectivity index (χ1n) is 21.4. The smallest absolute Gasteiger partial charge is 0.407 e. The molecule has 1 unspecified atom stereocenters. The number of ether oxygens (including phenoxy) is 5. The van der Waals surface area contributed by atoms with Crippen LogP contribution in [0.15, 0.2) is 48.7 Å². The van der Waals surface area contributed by atoms with Crippen LogP contribution in [0.2, 0.25) is 0 Å². The minimum absolute atomic E-state index is 0.0341. The van der Waals surface area contributed by atoms with E-state index in [-0.39, 0.29) is 41.8 Å². The minimum atomic E-state index is -0.963. The molecule has 7 atom stereocenters. The fourth-order valence-corrected chi connectivity index (χ4v) is 9.44. The van der Waals surface area contributed by atoms with Crippen molar-refractivity contribution in [1.82, 2.24) is 40.4 Å². The molecule has 3 aliphatic rings. The van der Waals surface area contributed by atoms with Gasteiger partial charge in [0.2, 0.25) is 11.8 Å². The van der Waals surface area contributed by atoms with Crippen molar-refractivity contribution in [3.63, 3.8) is 0 Å². The summed E-state index contributed by atoms with van der Waals surface area (Å²) in [6.07, 6.45) is 1.99. The van der Waals surface area contributed by atoms with E-state index in [4.69, 9.17) is 33.7 Å². The monoisotopic (exact) mass is 864 g/mol. The zero-order valence-corrected chi connectivity index (χ0v) is 36.9. The Bertz CT molecular complexity index is 2540. The number of fused-ring (bicyclic) bond motifs is 6. The molecule has 0 bridgehead atoms. The number of carbonyl (C=O) groups is 4. The summed E-state index contributed by atoms with van der Waals surface area (Å²) in [7, 11) is 5.68. The summed E-state index contributed by atoms with van der Waals surface area (Å²) < 4.78 is 27.0. The second-order valence-electron chi connectivity index (χ2n) is 17.2. The average Bonchev–Trinajstić information content (AvgIpc) is 4.11. The van der Waals surface area contributed by atoms with Gasteiger partial charge in [-0.2, -0.15) is 0 Å². The van der Waals surface area contributed by atoms with Crippen molar-refractivity contribution < 1.29 is 42.9 Å². The highest BCUT2D eigenvalue weighted by atomic mass is 16.5. The van der Waals surface area contributed by atoms with Gasteiger partial charge >= 0.3 is 12.2 Å². The molecule has 0 saturated carbocycles. The van der Waals surface area contributed by atoms with E-state index in [2.05, 4.69) is 57.0 Å². The first kappa shape index (κ1) is 43.4. The average molecular weight is 865 g/mol. The van der Waals surface area contributed by atoms with E-state index in [0.29, 0.717) is 37.8 Å². The number of hydrogen-bond acceptors (Lipinski definition) is 11. The number of methoxy groups -OCH3 is 4. The normalized spacial score (nSPS) is 20.8. The molecule has 5 aromatic rings. The number of H-pyrrole nitrogens is 2. The van der Waals surface area contributed by atoms with Crippen molar-refractivity contribution in [2.75, 3.05) is 41.6 Å². The van der Waals surface area contributed by atoms with Crippen LogP contribution in [-0.2, 0) is 35.1 Å². The van der Waals surface area contributed by atoms with Crippen molar-refractivity contribution in [1.29, 1.82) is 0 Å². The SMILES string of the molecule is COC[C@H]1C[C@@H](c2ncc(-c3ccc4c(c3)COc3cc5c(ccc6nc([C@@H]7CC[C@H](C)N7C(=O)C(NC(=O)OC)C(C)C)[nH]c65)cc3-4)[nH]2)N(C(=O)[C@@H](NC(=O)OC)[C@@H](C)OC)C1. The van der Waals surface area contributed by atoms with Gasteiger partial charge in [0.1, 0.15) is 36.1 Å². The zero-order valence-electron chi connectivity index (χ0n) is 36.9. The Morgan fingerprint density at radius 2 is 1.63 bits per heavy atom. The third-order valence-corrected chi connectivity index (χ3v) is 12.9. The highest BCUT2D eigenvalue weighted by Gasteiger charge is 2.43. The van der Waals surface area contributed by atoms with Crippen LogP contribution in [0.5, 0.6) is 5.75 Å². The van der Waals surface area contributed by atoms with E-state index in [9.17, 15) is 19.2 Å². The summed E-state index contributed by atoms with van der Waals surface area (Å²) in [6, 6.07) is 12.1. The van der Waals surface area contributed by atoms with Crippen LogP contribution in [0.3, 0.4) is 0 Å². The van der Waals surface area contributed by atoms with Gasteiger partial charge in [0, 0.05) is 43.7 Å². The fraction of sp³-hybridized carbons (Fsp3) is 0.478. The lowest BCUT2D eigenvalue weighted by Crippen LogP contribution is -2.54. The largest absolute Gasteiger partial charge is 0.488 e. The Morgan fingerprint density at radius 3 is 2.35 bits per heavy atom. The second kappa shape index (κ2) is 17.9. The molecule has 5 heterocycles. The summed E-state index contributed by atoms with van der Waals surface area (Å²) in [4.78, 5) is 72.8. The predicted molar refractivity (Wildman–Crippen MR) is 234 cm³/mol. The molecule has 0 aliphatic carbocycles. The summed E-state index contributed by atoms with van der Waals surface area (Å²) in [5.41, 5.74) is 6.43. The molecule has 17 heteroatoms. The molecular formula is C46H56N8O9. The Labute approximate surface area is 365 Å². The summed E-state index contributed by atoms with van der Waals surface area (Å²) in [5.74, 6) is 1.57. The number of rotatable bonds is 12. The molecule has 2 saturated heterocycles. The molecule has 3 aromatic carbocycles. The lowest BCUT2D eigenvalue weighted by Gasteiger charge is -2.32. The molecule has 4 amide bonds. The van der Waals surface area contributed by atoms with Crippen molar-refractivity contribution in [2.45, 2.75) is 89.9 Å². The van der Waals surface area contributed by atoms with E-state index in [1.807, 2.05) is 31.7 Å². The van der Waals surface area contributed by atoms with Crippen LogP contribution in [0.4, 0.5) is 9.59 Å². The van der Waals surface area contributed by atoms with Crippen LogP contribution < -0.4 is 15.4 Å². The highest BCUT2D eigenvalue weighted by Crippen LogP contribution is 2.44. The quantitative estimate of drug-likeness (QED) is 0.108. The van der Waals surface area contributed by atoms with Gasteiger partial charge in [0.15, 0.2) is 0 Å². The molecule has 0 radical (unpaired) electrons. The number of likely N-dealkylation sites (tertiary alicyclic amines) is 2. The third-order valence-electron chi connectivity index (χ3n) is 12.9. The molecule has 8 rings (SSSR count). The van der Waals surface area contributed by atoms with Crippen molar-refractivity contribution in [2.24, 2.45) is 11.8 Å². The number of aromatic nitrogens is 4. The van der Waals surface area contributed by atoms with Gasteiger partial charge in [-0.05, 0) is 85.4 Å². The first-order valence-corrected chi connectivity index (χ1v) is 21.4. The lowest BCUT2D eigenvalue weighted by atomic mass is 9.92. The molecule has 4 N–H and O–H groups in total. The number of benzene rings is 3. The first-order chi connectivity index (χ1) is 30.3. The molecule has 2 aromatic heterocycles.